The Morgan fingerprint density at radius 3 is 2.30 bits per heavy atom. The molecule has 1 N–H and O–H groups in total. The first-order valence-electron chi connectivity index (χ1n) is 7.04. The zero-order valence-corrected chi connectivity index (χ0v) is 13.2. The number of methoxy groups -OCH3 is 3. The molecule has 3 rings (SSSR count). The zero-order valence-electron chi connectivity index (χ0n) is 13.2. The van der Waals surface area contributed by atoms with E-state index in [1.807, 2.05) is 36.4 Å². The third kappa shape index (κ3) is 2.96. The lowest BCUT2D eigenvalue weighted by Crippen LogP contribution is -1.96. The number of H-pyrrole nitrogens is 1. The third-order valence-corrected chi connectivity index (χ3v) is 3.40. The van der Waals surface area contributed by atoms with Crippen LogP contribution in [0.1, 0.15) is 5.56 Å². The van der Waals surface area contributed by atoms with E-state index >= 15 is 0 Å². The SMILES string of the molecule is COc1cc(/C=N/c2nc3ccccc3[nH]2)cc(OC)c1OC. The maximum Gasteiger partial charge on any atom is 0.227 e. The molecule has 0 atom stereocenters. The van der Waals surface area contributed by atoms with Gasteiger partial charge in [-0.05, 0) is 24.3 Å². The van der Waals surface area contributed by atoms with E-state index in [4.69, 9.17) is 14.2 Å². The van der Waals surface area contributed by atoms with Gasteiger partial charge in [-0.1, -0.05) is 12.1 Å². The number of ether oxygens (including phenoxy) is 3. The Morgan fingerprint density at radius 1 is 1.00 bits per heavy atom. The summed E-state index contributed by atoms with van der Waals surface area (Å²) in [7, 11) is 4.73. The van der Waals surface area contributed by atoms with Gasteiger partial charge in [0.05, 0.1) is 32.4 Å². The van der Waals surface area contributed by atoms with Gasteiger partial charge in [0, 0.05) is 11.8 Å². The highest BCUT2D eigenvalue weighted by molar-refractivity contribution is 5.85. The quantitative estimate of drug-likeness (QED) is 0.734. The molecule has 3 aromatic rings. The van der Waals surface area contributed by atoms with Crippen molar-refractivity contribution >= 4 is 23.2 Å². The van der Waals surface area contributed by atoms with Crippen LogP contribution < -0.4 is 14.2 Å². The molecule has 0 aliphatic rings. The molecular formula is C17H17N3O3. The van der Waals surface area contributed by atoms with E-state index in [0.717, 1.165) is 16.6 Å². The second-order valence-corrected chi connectivity index (χ2v) is 4.79. The third-order valence-electron chi connectivity index (χ3n) is 3.40. The maximum absolute atomic E-state index is 5.33. The minimum atomic E-state index is 0.542. The molecule has 6 nitrogen and oxygen atoms in total. The molecule has 1 heterocycles. The predicted octanol–water partition coefficient (Wildman–Crippen LogP) is 3.34. The van der Waals surface area contributed by atoms with Crippen molar-refractivity contribution in [2.45, 2.75) is 0 Å². The summed E-state index contributed by atoms with van der Waals surface area (Å²) in [5.74, 6) is 2.26. The smallest absolute Gasteiger partial charge is 0.227 e. The van der Waals surface area contributed by atoms with E-state index < -0.39 is 0 Å². The van der Waals surface area contributed by atoms with Crippen LogP contribution >= 0.6 is 0 Å². The Balaban J connectivity index is 1.95. The van der Waals surface area contributed by atoms with Crippen LogP contribution in [0.25, 0.3) is 11.0 Å². The van der Waals surface area contributed by atoms with Gasteiger partial charge in [-0.3, -0.25) is 0 Å². The number of benzene rings is 2. The summed E-state index contributed by atoms with van der Waals surface area (Å²) in [5, 5.41) is 0. The van der Waals surface area contributed by atoms with Gasteiger partial charge in [0.2, 0.25) is 11.7 Å². The minimum absolute atomic E-state index is 0.542. The molecule has 1 aromatic heterocycles. The van der Waals surface area contributed by atoms with Crippen molar-refractivity contribution in [1.29, 1.82) is 0 Å². The first-order chi connectivity index (χ1) is 11.2. The van der Waals surface area contributed by atoms with Crippen LogP contribution in [0.5, 0.6) is 17.2 Å². The fraction of sp³-hybridized carbons (Fsp3) is 0.176. The fourth-order valence-electron chi connectivity index (χ4n) is 2.31. The van der Waals surface area contributed by atoms with Crippen molar-refractivity contribution in [3.63, 3.8) is 0 Å². The van der Waals surface area contributed by atoms with Gasteiger partial charge in [-0.15, -0.1) is 0 Å². The first-order valence-corrected chi connectivity index (χ1v) is 7.04. The standard InChI is InChI=1S/C17H17N3O3/c1-21-14-8-11(9-15(22-2)16(14)23-3)10-18-17-19-12-6-4-5-7-13(12)20-17/h4-10H,1-3H3,(H,19,20)/b18-10+. The van der Waals surface area contributed by atoms with Crippen molar-refractivity contribution in [2.75, 3.05) is 21.3 Å². The summed E-state index contributed by atoms with van der Waals surface area (Å²) in [4.78, 5) is 11.9. The summed E-state index contributed by atoms with van der Waals surface area (Å²) in [5.41, 5.74) is 2.65. The highest BCUT2D eigenvalue weighted by atomic mass is 16.5. The summed E-state index contributed by atoms with van der Waals surface area (Å²) >= 11 is 0. The van der Waals surface area contributed by atoms with Gasteiger partial charge >= 0.3 is 0 Å². The van der Waals surface area contributed by atoms with Crippen LogP contribution in [0.3, 0.4) is 0 Å². The van der Waals surface area contributed by atoms with Crippen molar-refractivity contribution in [2.24, 2.45) is 4.99 Å². The Hall–Kier alpha value is -3.02. The van der Waals surface area contributed by atoms with Gasteiger partial charge in [0.15, 0.2) is 11.5 Å². The Kier molecular flexibility index (Phi) is 4.14. The molecule has 0 aliphatic heterocycles. The van der Waals surface area contributed by atoms with Crippen LogP contribution in [0, 0.1) is 0 Å². The second-order valence-electron chi connectivity index (χ2n) is 4.79. The van der Waals surface area contributed by atoms with E-state index in [1.165, 1.54) is 0 Å². The molecule has 23 heavy (non-hydrogen) atoms. The molecular weight excluding hydrogens is 294 g/mol. The molecule has 6 heteroatoms. The van der Waals surface area contributed by atoms with E-state index in [-0.39, 0.29) is 0 Å². The molecule has 0 saturated heterocycles. The monoisotopic (exact) mass is 311 g/mol. The summed E-state index contributed by atoms with van der Waals surface area (Å²) in [6.45, 7) is 0. The largest absolute Gasteiger partial charge is 0.493 e. The normalized spacial score (nSPS) is 11.1. The lowest BCUT2D eigenvalue weighted by Gasteiger charge is -2.12. The van der Waals surface area contributed by atoms with Gasteiger partial charge in [-0.25, -0.2) is 9.98 Å². The number of aromatic amines is 1. The number of hydrogen-bond acceptors (Lipinski definition) is 5. The molecule has 0 radical (unpaired) electrons. The van der Waals surface area contributed by atoms with E-state index in [1.54, 1.807) is 27.5 Å². The van der Waals surface area contributed by atoms with Crippen molar-refractivity contribution in [1.82, 2.24) is 9.97 Å². The number of para-hydroxylation sites is 2. The molecule has 118 valence electrons. The Labute approximate surface area is 133 Å². The average Bonchev–Trinajstić information content (AvgIpc) is 3.01. The van der Waals surface area contributed by atoms with Crippen LogP contribution in [0.15, 0.2) is 41.4 Å². The molecule has 0 saturated carbocycles. The van der Waals surface area contributed by atoms with Gasteiger partial charge in [0.25, 0.3) is 0 Å². The number of imidazole rings is 1. The lowest BCUT2D eigenvalue weighted by molar-refractivity contribution is 0.324. The molecule has 0 amide bonds. The second kappa shape index (κ2) is 6.39. The lowest BCUT2D eigenvalue weighted by atomic mass is 10.2. The Morgan fingerprint density at radius 2 is 1.70 bits per heavy atom. The van der Waals surface area contributed by atoms with Crippen LogP contribution in [-0.4, -0.2) is 37.5 Å². The average molecular weight is 311 g/mol. The number of fused-ring (bicyclic) bond motifs is 1. The minimum Gasteiger partial charge on any atom is -0.493 e. The number of hydrogen-bond donors (Lipinski definition) is 1. The van der Waals surface area contributed by atoms with Gasteiger partial charge in [0.1, 0.15) is 0 Å². The van der Waals surface area contributed by atoms with Gasteiger partial charge in [-0.2, -0.15) is 0 Å². The zero-order chi connectivity index (χ0) is 16.2. The van der Waals surface area contributed by atoms with Crippen LogP contribution in [0.4, 0.5) is 5.95 Å². The summed E-state index contributed by atoms with van der Waals surface area (Å²) in [6.07, 6.45) is 1.70. The molecule has 0 spiro atoms. The highest BCUT2D eigenvalue weighted by Crippen LogP contribution is 2.37. The number of rotatable bonds is 5. The van der Waals surface area contributed by atoms with Crippen molar-refractivity contribution < 1.29 is 14.2 Å². The predicted molar refractivity (Wildman–Crippen MR) is 89.4 cm³/mol. The number of aliphatic imine (C=N–C) groups is 1. The summed E-state index contributed by atoms with van der Waals surface area (Å²) < 4.78 is 16.0. The molecule has 2 aromatic carbocycles. The number of nitrogens with one attached hydrogen (secondary N) is 1. The first kappa shape index (κ1) is 14.9. The molecule has 0 fully saturated rings. The van der Waals surface area contributed by atoms with E-state index in [2.05, 4.69) is 15.0 Å². The van der Waals surface area contributed by atoms with Crippen LogP contribution in [-0.2, 0) is 0 Å². The molecule has 0 unspecified atom stereocenters. The topological polar surface area (TPSA) is 68.7 Å². The summed E-state index contributed by atoms with van der Waals surface area (Å²) in [6, 6.07) is 11.4. The maximum atomic E-state index is 5.33. The Bertz CT molecular complexity index is 797. The van der Waals surface area contributed by atoms with Crippen LogP contribution in [0.2, 0.25) is 0 Å². The highest BCUT2D eigenvalue weighted by Gasteiger charge is 2.12. The van der Waals surface area contributed by atoms with Crippen molar-refractivity contribution in [3.05, 3.63) is 42.0 Å². The fourth-order valence-corrected chi connectivity index (χ4v) is 2.31. The number of nitrogens with zero attached hydrogens (tertiary/aromatic N) is 2. The van der Waals surface area contributed by atoms with Crippen molar-refractivity contribution in [3.8, 4) is 17.2 Å². The van der Waals surface area contributed by atoms with Gasteiger partial charge < -0.3 is 19.2 Å². The number of aromatic nitrogens is 2. The molecule has 0 bridgehead atoms. The molecule has 0 aliphatic carbocycles. The van der Waals surface area contributed by atoms with E-state index in [0.29, 0.717) is 23.2 Å². The van der Waals surface area contributed by atoms with E-state index in [9.17, 15) is 0 Å².